The van der Waals surface area contributed by atoms with Crippen LogP contribution in [0.15, 0.2) is 24.5 Å². The highest BCUT2D eigenvalue weighted by molar-refractivity contribution is 5.56. The van der Waals surface area contributed by atoms with Gasteiger partial charge in [0.15, 0.2) is 5.82 Å². The molecule has 6 heteroatoms. The maximum atomic E-state index is 4.61. The third-order valence-corrected chi connectivity index (χ3v) is 4.93. The molecule has 2 aliphatic carbocycles. The maximum absolute atomic E-state index is 4.61. The fourth-order valence-electron chi connectivity index (χ4n) is 2.96. The summed E-state index contributed by atoms with van der Waals surface area (Å²) >= 11 is 0. The van der Waals surface area contributed by atoms with Crippen molar-refractivity contribution in [2.24, 2.45) is 11.8 Å². The summed E-state index contributed by atoms with van der Waals surface area (Å²) in [6.07, 6.45) is 8.71. The SMILES string of the molecule is CC(Nc1nc(NC(C)C2CC2)nc(-c2cccnc2)n1)C1CC1. The predicted octanol–water partition coefficient (Wildman–Crippen LogP) is 3.35. The van der Waals surface area contributed by atoms with E-state index in [1.54, 1.807) is 12.4 Å². The fraction of sp³-hybridized carbons (Fsp3) is 0.556. The van der Waals surface area contributed by atoms with E-state index < -0.39 is 0 Å². The highest BCUT2D eigenvalue weighted by atomic mass is 15.2. The van der Waals surface area contributed by atoms with Crippen LogP contribution in [0, 0.1) is 11.8 Å². The number of hydrogen-bond acceptors (Lipinski definition) is 6. The number of aromatic nitrogens is 4. The lowest BCUT2D eigenvalue weighted by molar-refractivity contribution is 0.676. The summed E-state index contributed by atoms with van der Waals surface area (Å²) < 4.78 is 0. The average molecular weight is 324 g/mol. The predicted molar refractivity (Wildman–Crippen MR) is 94.7 cm³/mol. The van der Waals surface area contributed by atoms with Gasteiger partial charge in [-0.3, -0.25) is 4.98 Å². The number of rotatable bonds is 7. The molecule has 0 saturated heterocycles. The van der Waals surface area contributed by atoms with Crippen LogP contribution in [0.3, 0.4) is 0 Å². The lowest BCUT2D eigenvalue weighted by atomic mass is 10.2. The first-order chi connectivity index (χ1) is 11.7. The van der Waals surface area contributed by atoms with Gasteiger partial charge in [-0.25, -0.2) is 0 Å². The van der Waals surface area contributed by atoms with Crippen LogP contribution >= 0.6 is 0 Å². The Hall–Kier alpha value is -2.24. The Balaban J connectivity index is 1.61. The van der Waals surface area contributed by atoms with E-state index in [1.807, 2.05) is 12.1 Å². The van der Waals surface area contributed by atoms with Gasteiger partial charge >= 0.3 is 0 Å². The minimum Gasteiger partial charge on any atom is -0.351 e. The van der Waals surface area contributed by atoms with Crippen molar-refractivity contribution in [1.29, 1.82) is 0 Å². The van der Waals surface area contributed by atoms with Crippen LogP contribution in [0.2, 0.25) is 0 Å². The lowest BCUT2D eigenvalue weighted by Crippen LogP contribution is -2.23. The van der Waals surface area contributed by atoms with E-state index in [9.17, 15) is 0 Å². The van der Waals surface area contributed by atoms with Crippen LogP contribution in [0.1, 0.15) is 39.5 Å². The van der Waals surface area contributed by atoms with Gasteiger partial charge in [0.05, 0.1) is 0 Å². The summed E-state index contributed by atoms with van der Waals surface area (Å²) in [5, 5.41) is 6.90. The summed E-state index contributed by atoms with van der Waals surface area (Å²) in [6, 6.07) is 4.66. The van der Waals surface area contributed by atoms with Crippen molar-refractivity contribution in [3.05, 3.63) is 24.5 Å². The van der Waals surface area contributed by atoms with Gasteiger partial charge < -0.3 is 10.6 Å². The maximum Gasteiger partial charge on any atom is 0.228 e. The molecule has 6 nitrogen and oxygen atoms in total. The summed E-state index contributed by atoms with van der Waals surface area (Å²) in [5.41, 5.74) is 0.907. The monoisotopic (exact) mass is 324 g/mol. The second-order valence-corrected chi connectivity index (χ2v) is 7.09. The van der Waals surface area contributed by atoms with E-state index in [0.29, 0.717) is 29.8 Å². The molecule has 2 fully saturated rings. The smallest absolute Gasteiger partial charge is 0.228 e. The quantitative estimate of drug-likeness (QED) is 0.813. The Morgan fingerprint density at radius 1 is 0.917 bits per heavy atom. The largest absolute Gasteiger partial charge is 0.351 e. The van der Waals surface area contributed by atoms with Gasteiger partial charge in [-0.05, 0) is 63.5 Å². The van der Waals surface area contributed by atoms with Crippen LogP contribution in [0.4, 0.5) is 11.9 Å². The zero-order valence-corrected chi connectivity index (χ0v) is 14.2. The Kier molecular flexibility index (Phi) is 4.04. The number of nitrogens with zero attached hydrogens (tertiary/aromatic N) is 4. The molecule has 0 spiro atoms. The van der Waals surface area contributed by atoms with E-state index in [2.05, 4.69) is 44.4 Å². The molecule has 0 bridgehead atoms. The Bertz CT molecular complexity index is 658. The Morgan fingerprint density at radius 2 is 1.50 bits per heavy atom. The summed E-state index contributed by atoms with van der Waals surface area (Å²) in [4.78, 5) is 18.0. The van der Waals surface area contributed by atoms with Gasteiger partial charge in [0.1, 0.15) is 0 Å². The standard InChI is InChI=1S/C18H24N6/c1-11(13-5-6-13)20-17-22-16(15-4-3-9-19-10-15)23-18(24-17)21-12(2)14-7-8-14/h3-4,9-14H,5-8H2,1-2H3,(H2,20,21,22,23,24). The van der Waals surface area contributed by atoms with Gasteiger partial charge in [-0.15, -0.1) is 0 Å². The normalized spacial score (nSPS) is 19.6. The number of nitrogens with one attached hydrogen (secondary N) is 2. The van der Waals surface area contributed by atoms with Crippen LogP contribution in [0.25, 0.3) is 11.4 Å². The third kappa shape index (κ3) is 3.63. The van der Waals surface area contributed by atoms with E-state index in [-0.39, 0.29) is 0 Å². The van der Waals surface area contributed by atoms with E-state index in [0.717, 1.165) is 17.4 Å². The molecule has 126 valence electrons. The molecule has 2 N–H and O–H groups in total. The molecule has 0 aliphatic heterocycles. The molecule has 2 aromatic rings. The van der Waals surface area contributed by atoms with Crippen LogP contribution in [-0.4, -0.2) is 32.0 Å². The molecule has 0 amide bonds. The zero-order chi connectivity index (χ0) is 16.5. The lowest BCUT2D eigenvalue weighted by Gasteiger charge is -2.17. The summed E-state index contributed by atoms with van der Waals surface area (Å²) in [7, 11) is 0. The fourth-order valence-corrected chi connectivity index (χ4v) is 2.96. The Morgan fingerprint density at radius 3 is 1.96 bits per heavy atom. The molecule has 2 heterocycles. The Labute approximate surface area is 142 Å². The zero-order valence-electron chi connectivity index (χ0n) is 14.2. The summed E-state index contributed by atoms with van der Waals surface area (Å²) in [6.45, 7) is 4.40. The molecule has 2 aromatic heterocycles. The minimum atomic E-state index is 0.392. The van der Waals surface area contributed by atoms with Crippen molar-refractivity contribution < 1.29 is 0 Å². The van der Waals surface area contributed by atoms with Gasteiger partial charge in [-0.2, -0.15) is 15.0 Å². The third-order valence-electron chi connectivity index (χ3n) is 4.93. The van der Waals surface area contributed by atoms with Gasteiger partial charge in [0, 0.05) is 30.0 Å². The molecule has 4 rings (SSSR count). The van der Waals surface area contributed by atoms with Crippen LogP contribution in [0.5, 0.6) is 0 Å². The van der Waals surface area contributed by atoms with Gasteiger partial charge in [-0.1, -0.05) is 0 Å². The molecule has 2 aliphatic rings. The van der Waals surface area contributed by atoms with Gasteiger partial charge in [0.2, 0.25) is 11.9 Å². The topological polar surface area (TPSA) is 75.6 Å². The molecular weight excluding hydrogens is 300 g/mol. The number of pyridine rings is 1. The second kappa shape index (κ2) is 6.34. The van der Waals surface area contributed by atoms with E-state index in [1.165, 1.54) is 25.7 Å². The number of hydrogen-bond donors (Lipinski definition) is 2. The summed E-state index contributed by atoms with van der Waals surface area (Å²) in [5.74, 6) is 3.44. The second-order valence-electron chi connectivity index (χ2n) is 7.09. The highest BCUT2D eigenvalue weighted by Crippen LogP contribution is 2.35. The van der Waals surface area contributed by atoms with Crippen molar-refractivity contribution in [1.82, 2.24) is 19.9 Å². The van der Waals surface area contributed by atoms with Gasteiger partial charge in [0.25, 0.3) is 0 Å². The van der Waals surface area contributed by atoms with Crippen molar-refractivity contribution in [3.8, 4) is 11.4 Å². The van der Waals surface area contributed by atoms with Crippen LogP contribution in [-0.2, 0) is 0 Å². The molecule has 2 atom stereocenters. The first-order valence-corrected chi connectivity index (χ1v) is 8.88. The molecule has 24 heavy (non-hydrogen) atoms. The molecule has 0 aromatic carbocycles. The molecule has 0 radical (unpaired) electrons. The van der Waals surface area contributed by atoms with Crippen molar-refractivity contribution in [3.63, 3.8) is 0 Å². The van der Waals surface area contributed by atoms with Crippen molar-refractivity contribution in [2.45, 2.75) is 51.6 Å². The van der Waals surface area contributed by atoms with Crippen LogP contribution < -0.4 is 10.6 Å². The number of anilines is 2. The molecular formula is C18H24N6. The minimum absolute atomic E-state index is 0.392. The first kappa shape index (κ1) is 15.3. The average Bonchev–Trinajstić information content (AvgIpc) is 3.48. The molecule has 2 unspecified atom stereocenters. The van der Waals surface area contributed by atoms with E-state index in [4.69, 9.17) is 0 Å². The first-order valence-electron chi connectivity index (χ1n) is 8.88. The van der Waals surface area contributed by atoms with Crippen molar-refractivity contribution >= 4 is 11.9 Å². The van der Waals surface area contributed by atoms with E-state index >= 15 is 0 Å². The molecule has 2 saturated carbocycles. The van der Waals surface area contributed by atoms with Crippen molar-refractivity contribution in [2.75, 3.05) is 10.6 Å². The highest BCUT2D eigenvalue weighted by Gasteiger charge is 2.30.